The molecule has 3 heterocycles. The van der Waals surface area contributed by atoms with Crippen molar-refractivity contribution in [3.05, 3.63) is 0 Å². The maximum absolute atomic E-state index is 6.21. The maximum Gasteiger partial charge on any atom is 0.0668 e. The highest BCUT2D eigenvalue weighted by Gasteiger charge is 2.57. The van der Waals surface area contributed by atoms with E-state index in [1.165, 1.54) is 38.5 Å². The average Bonchev–Trinajstić information content (AvgIpc) is 2.82. The van der Waals surface area contributed by atoms with Gasteiger partial charge in [0.1, 0.15) is 0 Å². The summed E-state index contributed by atoms with van der Waals surface area (Å²) >= 11 is 2.17. The van der Waals surface area contributed by atoms with Crippen molar-refractivity contribution in [1.29, 1.82) is 0 Å². The molecule has 0 N–H and O–H groups in total. The number of hydrogen-bond acceptors (Lipinski definition) is 3. The zero-order valence-corrected chi connectivity index (χ0v) is 15.2. The van der Waals surface area contributed by atoms with E-state index in [0.29, 0.717) is 16.8 Å². The molecule has 0 aliphatic carbocycles. The molecule has 3 fully saturated rings. The van der Waals surface area contributed by atoms with Crippen LogP contribution in [0.2, 0.25) is 0 Å². The number of rotatable bonds is 4. The molecular weight excluding hydrogens is 280 g/mol. The van der Waals surface area contributed by atoms with Gasteiger partial charge in [-0.05, 0) is 65.2 Å². The smallest absolute Gasteiger partial charge is 0.0668 e. The molecule has 0 radical (unpaired) electrons. The van der Waals surface area contributed by atoms with Crippen LogP contribution in [-0.4, -0.2) is 33.9 Å². The van der Waals surface area contributed by atoms with Gasteiger partial charge in [0.2, 0.25) is 0 Å². The lowest BCUT2D eigenvalue weighted by Crippen LogP contribution is -2.42. The number of thioether (sulfide) groups is 1. The summed E-state index contributed by atoms with van der Waals surface area (Å²) in [6.07, 6.45) is 7.79. The number of ether oxygens (including phenoxy) is 2. The van der Waals surface area contributed by atoms with Crippen LogP contribution >= 0.6 is 11.8 Å². The van der Waals surface area contributed by atoms with Crippen molar-refractivity contribution in [2.24, 2.45) is 5.92 Å². The molecule has 0 aromatic rings. The Morgan fingerprint density at radius 3 is 2.52 bits per heavy atom. The molecule has 3 aliphatic rings. The molecule has 21 heavy (non-hydrogen) atoms. The summed E-state index contributed by atoms with van der Waals surface area (Å²) in [5, 5.41) is 0.845. The second-order valence-electron chi connectivity index (χ2n) is 8.52. The zero-order valence-electron chi connectivity index (χ0n) is 14.4. The van der Waals surface area contributed by atoms with Gasteiger partial charge in [0.05, 0.1) is 17.3 Å². The summed E-state index contributed by atoms with van der Waals surface area (Å²) in [5.41, 5.74) is 0.187. The predicted octanol–water partition coefficient (Wildman–Crippen LogP) is 4.80. The molecule has 5 unspecified atom stereocenters. The molecule has 122 valence electrons. The zero-order chi connectivity index (χ0) is 15.3. The molecule has 5 atom stereocenters. The van der Waals surface area contributed by atoms with Crippen molar-refractivity contribution in [3.8, 4) is 0 Å². The molecule has 1 spiro atoms. The molecule has 3 saturated heterocycles. The molecule has 2 nitrogen and oxygen atoms in total. The van der Waals surface area contributed by atoms with Gasteiger partial charge in [-0.2, -0.15) is 0 Å². The number of hydrogen-bond donors (Lipinski definition) is 0. The lowest BCUT2D eigenvalue weighted by molar-refractivity contribution is -0.0866. The van der Waals surface area contributed by atoms with Crippen LogP contribution in [0.5, 0.6) is 0 Å². The first-order chi connectivity index (χ1) is 9.74. The van der Waals surface area contributed by atoms with Gasteiger partial charge in [0.25, 0.3) is 0 Å². The van der Waals surface area contributed by atoms with E-state index >= 15 is 0 Å². The minimum absolute atomic E-state index is 0.0916. The monoisotopic (exact) mass is 312 g/mol. The summed E-state index contributed by atoms with van der Waals surface area (Å²) in [6.45, 7) is 12.5. The first kappa shape index (κ1) is 16.1. The summed E-state index contributed by atoms with van der Waals surface area (Å²) in [6, 6.07) is 0. The van der Waals surface area contributed by atoms with Gasteiger partial charge in [-0.15, -0.1) is 11.8 Å². The molecule has 0 aromatic carbocycles. The van der Waals surface area contributed by atoms with Gasteiger partial charge >= 0.3 is 0 Å². The maximum atomic E-state index is 6.21. The Bertz CT molecular complexity index is 397. The predicted molar refractivity (Wildman–Crippen MR) is 90.0 cm³/mol. The Morgan fingerprint density at radius 1 is 1.24 bits per heavy atom. The SMILES string of the molecule is CC(CCC1(C)CC2(CCO1)SC2C)C1CCC(C)(C)O1. The van der Waals surface area contributed by atoms with Crippen LogP contribution in [-0.2, 0) is 9.47 Å². The van der Waals surface area contributed by atoms with Crippen molar-refractivity contribution in [2.75, 3.05) is 6.61 Å². The molecule has 3 heteroatoms. The van der Waals surface area contributed by atoms with Crippen LogP contribution in [0.15, 0.2) is 0 Å². The molecule has 0 bridgehead atoms. The fourth-order valence-corrected chi connectivity index (χ4v) is 5.73. The van der Waals surface area contributed by atoms with E-state index in [1.807, 2.05) is 0 Å². The van der Waals surface area contributed by atoms with Crippen LogP contribution in [0, 0.1) is 5.92 Å². The minimum Gasteiger partial charge on any atom is -0.375 e. The third kappa shape index (κ3) is 3.45. The summed E-state index contributed by atoms with van der Waals surface area (Å²) in [7, 11) is 0. The molecule has 0 aromatic heterocycles. The lowest BCUT2D eigenvalue weighted by Gasteiger charge is -2.39. The van der Waals surface area contributed by atoms with Gasteiger partial charge in [-0.25, -0.2) is 0 Å². The van der Waals surface area contributed by atoms with E-state index in [-0.39, 0.29) is 11.2 Å². The summed E-state index contributed by atoms with van der Waals surface area (Å²) in [4.78, 5) is 0. The van der Waals surface area contributed by atoms with E-state index < -0.39 is 0 Å². The Morgan fingerprint density at radius 2 is 1.95 bits per heavy atom. The third-order valence-corrected chi connectivity index (χ3v) is 7.73. The van der Waals surface area contributed by atoms with E-state index in [9.17, 15) is 0 Å². The highest BCUT2D eigenvalue weighted by Crippen LogP contribution is 2.62. The Labute approximate surface area is 134 Å². The first-order valence-corrected chi connectivity index (χ1v) is 9.61. The molecule has 3 rings (SSSR count). The van der Waals surface area contributed by atoms with Gasteiger partial charge < -0.3 is 9.47 Å². The van der Waals surface area contributed by atoms with Crippen LogP contribution in [0.25, 0.3) is 0 Å². The van der Waals surface area contributed by atoms with Crippen LogP contribution in [0.1, 0.15) is 73.1 Å². The minimum atomic E-state index is 0.0916. The van der Waals surface area contributed by atoms with E-state index in [1.54, 1.807) is 0 Å². The van der Waals surface area contributed by atoms with Crippen molar-refractivity contribution in [1.82, 2.24) is 0 Å². The van der Waals surface area contributed by atoms with Crippen LogP contribution in [0.4, 0.5) is 0 Å². The van der Waals surface area contributed by atoms with Gasteiger partial charge in [-0.3, -0.25) is 0 Å². The molecular formula is C18H32O2S. The fourth-order valence-electron chi connectivity index (χ4n) is 4.31. The Hall–Kier alpha value is 0.270. The van der Waals surface area contributed by atoms with Crippen molar-refractivity contribution < 1.29 is 9.47 Å². The third-order valence-electron chi connectivity index (χ3n) is 6.01. The topological polar surface area (TPSA) is 18.5 Å². The van der Waals surface area contributed by atoms with E-state index in [2.05, 4.69) is 46.4 Å². The highest BCUT2D eigenvalue weighted by atomic mass is 32.2. The first-order valence-electron chi connectivity index (χ1n) is 8.73. The second kappa shape index (κ2) is 5.42. The van der Waals surface area contributed by atoms with Gasteiger partial charge in [0.15, 0.2) is 0 Å². The average molecular weight is 313 g/mol. The molecule has 0 amide bonds. The Balaban J connectivity index is 1.50. The molecule has 3 aliphatic heterocycles. The quantitative estimate of drug-likeness (QED) is 0.694. The standard InChI is InChI=1S/C18H32O2S/c1-13(15-7-8-16(3,4)20-15)6-9-17(5)12-18(10-11-19-17)14(2)21-18/h13-15H,6-12H2,1-5H3. The Kier molecular flexibility index (Phi) is 4.16. The summed E-state index contributed by atoms with van der Waals surface area (Å²) in [5.74, 6) is 0.648. The lowest BCUT2D eigenvalue weighted by atomic mass is 9.81. The van der Waals surface area contributed by atoms with Gasteiger partial charge in [-0.1, -0.05) is 13.8 Å². The van der Waals surface area contributed by atoms with Crippen molar-refractivity contribution >= 4 is 11.8 Å². The highest BCUT2D eigenvalue weighted by molar-refractivity contribution is 8.08. The van der Waals surface area contributed by atoms with Crippen molar-refractivity contribution in [2.45, 2.75) is 100 Å². The molecule has 0 saturated carbocycles. The second-order valence-corrected chi connectivity index (χ2v) is 10.3. The van der Waals surface area contributed by atoms with Crippen LogP contribution in [0.3, 0.4) is 0 Å². The largest absolute Gasteiger partial charge is 0.375 e. The summed E-state index contributed by atoms with van der Waals surface area (Å²) < 4.78 is 13.0. The van der Waals surface area contributed by atoms with E-state index in [0.717, 1.165) is 11.9 Å². The normalized spacial score (nSPS) is 46.7. The fraction of sp³-hybridized carbons (Fsp3) is 1.00. The van der Waals surface area contributed by atoms with E-state index in [4.69, 9.17) is 9.47 Å². The van der Waals surface area contributed by atoms with Crippen LogP contribution < -0.4 is 0 Å². The van der Waals surface area contributed by atoms with Crippen molar-refractivity contribution in [3.63, 3.8) is 0 Å². The van der Waals surface area contributed by atoms with Gasteiger partial charge in [0, 0.05) is 16.6 Å².